The van der Waals surface area contributed by atoms with Crippen LogP contribution in [0.5, 0.6) is 5.75 Å². The van der Waals surface area contributed by atoms with Gasteiger partial charge in [-0.1, -0.05) is 25.1 Å². The second kappa shape index (κ2) is 6.12. The summed E-state index contributed by atoms with van der Waals surface area (Å²) in [6.45, 7) is 1.72. The van der Waals surface area contributed by atoms with Gasteiger partial charge in [-0.15, -0.1) is 0 Å². The smallest absolute Gasteiger partial charge is 0.308 e. The van der Waals surface area contributed by atoms with Gasteiger partial charge >= 0.3 is 5.97 Å². The van der Waals surface area contributed by atoms with Crippen LogP contribution in [0.15, 0.2) is 24.3 Å². The predicted molar refractivity (Wildman–Crippen MR) is 58.8 cm³/mol. The Balaban J connectivity index is 2.40. The normalized spacial score (nSPS) is 12.1. The topological polar surface area (TPSA) is 66.8 Å². The number of para-hydroxylation sites is 1. The molecule has 0 aliphatic rings. The number of aliphatic hydroxyl groups excluding tert-OH is 1. The summed E-state index contributed by atoms with van der Waals surface area (Å²) in [6.07, 6.45) is -0.101. The number of hydrogen-bond acceptors (Lipinski definition) is 4. The largest absolute Gasteiger partial charge is 0.508 e. The summed E-state index contributed by atoms with van der Waals surface area (Å²) in [7, 11) is 0. The van der Waals surface area contributed by atoms with E-state index in [9.17, 15) is 9.90 Å². The fraction of sp³-hybridized carbons (Fsp3) is 0.417. The van der Waals surface area contributed by atoms with Crippen LogP contribution in [0.25, 0.3) is 0 Å². The number of aromatic hydroxyl groups is 1. The third-order valence-corrected chi connectivity index (χ3v) is 2.21. The molecule has 1 aromatic carbocycles. The van der Waals surface area contributed by atoms with Crippen molar-refractivity contribution in [1.82, 2.24) is 0 Å². The minimum atomic E-state index is -1.03. The number of benzene rings is 1. The molecule has 4 heteroatoms. The fourth-order valence-corrected chi connectivity index (χ4v) is 1.25. The SMILES string of the molecule is CCC(O)OC(=O)CCc1ccccc1O. The number of carbonyl (C=O) groups excluding carboxylic acids is 1. The molecule has 0 saturated heterocycles. The highest BCUT2D eigenvalue weighted by atomic mass is 16.6. The highest BCUT2D eigenvalue weighted by Crippen LogP contribution is 2.17. The number of ether oxygens (including phenoxy) is 1. The Hall–Kier alpha value is -1.55. The molecular weight excluding hydrogens is 208 g/mol. The van der Waals surface area contributed by atoms with Gasteiger partial charge in [0.15, 0.2) is 6.29 Å². The molecule has 0 heterocycles. The van der Waals surface area contributed by atoms with Crippen molar-refractivity contribution in [2.75, 3.05) is 0 Å². The number of hydrogen-bond donors (Lipinski definition) is 2. The molecule has 1 atom stereocenters. The van der Waals surface area contributed by atoms with Crippen LogP contribution in [0.2, 0.25) is 0 Å². The molecule has 0 spiro atoms. The van der Waals surface area contributed by atoms with Crippen molar-refractivity contribution in [1.29, 1.82) is 0 Å². The molecular formula is C12H16O4. The van der Waals surface area contributed by atoms with Crippen molar-refractivity contribution in [3.63, 3.8) is 0 Å². The van der Waals surface area contributed by atoms with E-state index in [4.69, 9.17) is 9.84 Å². The molecule has 0 aliphatic heterocycles. The van der Waals surface area contributed by atoms with Crippen LogP contribution >= 0.6 is 0 Å². The molecule has 0 radical (unpaired) electrons. The van der Waals surface area contributed by atoms with Gasteiger partial charge in [-0.25, -0.2) is 0 Å². The van der Waals surface area contributed by atoms with Crippen LogP contribution < -0.4 is 0 Å². The monoisotopic (exact) mass is 224 g/mol. The minimum Gasteiger partial charge on any atom is -0.508 e. The summed E-state index contributed by atoms with van der Waals surface area (Å²) >= 11 is 0. The Morgan fingerprint density at radius 2 is 2.12 bits per heavy atom. The zero-order valence-electron chi connectivity index (χ0n) is 9.22. The van der Waals surface area contributed by atoms with E-state index in [1.54, 1.807) is 31.2 Å². The molecule has 1 aromatic rings. The van der Waals surface area contributed by atoms with E-state index in [0.717, 1.165) is 0 Å². The van der Waals surface area contributed by atoms with Gasteiger partial charge in [-0.05, 0) is 18.1 Å². The molecule has 4 nitrogen and oxygen atoms in total. The zero-order valence-corrected chi connectivity index (χ0v) is 9.22. The Kier molecular flexibility index (Phi) is 4.79. The number of phenols is 1. The molecule has 88 valence electrons. The lowest BCUT2D eigenvalue weighted by Gasteiger charge is -2.09. The van der Waals surface area contributed by atoms with E-state index in [-0.39, 0.29) is 12.2 Å². The third-order valence-electron chi connectivity index (χ3n) is 2.21. The van der Waals surface area contributed by atoms with Crippen LogP contribution in [-0.2, 0) is 16.0 Å². The van der Waals surface area contributed by atoms with Crippen molar-refractivity contribution >= 4 is 5.97 Å². The van der Waals surface area contributed by atoms with Crippen molar-refractivity contribution in [2.24, 2.45) is 0 Å². The first-order valence-electron chi connectivity index (χ1n) is 5.28. The highest BCUT2D eigenvalue weighted by molar-refractivity contribution is 5.70. The summed E-state index contributed by atoms with van der Waals surface area (Å²) in [5.41, 5.74) is 0.699. The first-order chi connectivity index (χ1) is 7.63. The molecule has 2 N–H and O–H groups in total. The van der Waals surface area contributed by atoms with Gasteiger partial charge < -0.3 is 14.9 Å². The number of esters is 1. The molecule has 1 rings (SSSR count). The van der Waals surface area contributed by atoms with Crippen LogP contribution in [0.4, 0.5) is 0 Å². The maximum absolute atomic E-state index is 11.2. The average Bonchev–Trinajstić information content (AvgIpc) is 2.28. The molecule has 1 unspecified atom stereocenters. The number of aryl methyl sites for hydroxylation is 1. The molecule has 0 fully saturated rings. The lowest BCUT2D eigenvalue weighted by atomic mass is 10.1. The Morgan fingerprint density at radius 3 is 2.75 bits per heavy atom. The highest BCUT2D eigenvalue weighted by Gasteiger charge is 2.10. The second-order valence-electron chi connectivity index (χ2n) is 3.48. The number of carbonyl (C=O) groups is 1. The van der Waals surface area contributed by atoms with Crippen LogP contribution in [0.3, 0.4) is 0 Å². The summed E-state index contributed by atoms with van der Waals surface area (Å²) in [4.78, 5) is 11.2. The van der Waals surface area contributed by atoms with Gasteiger partial charge in [-0.3, -0.25) is 4.79 Å². The lowest BCUT2D eigenvalue weighted by Crippen LogP contribution is -2.16. The van der Waals surface area contributed by atoms with Crippen molar-refractivity contribution in [3.8, 4) is 5.75 Å². The Bertz CT molecular complexity index is 349. The van der Waals surface area contributed by atoms with Crippen LogP contribution in [-0.4, -0.2) is 22.5 Å². The standard InChI is InChI=1S/C12H16O4/c1-2-11(14)16-12(15)8-7-9-5-3-4-6-10(9)13/h3-6,11,13-14H,2,7-8H2,1H3. The first-order valence-corrected chi connectivity index (χ1v) is 5.28. The van der Waals surface area contributed by atoms with Crippen LogP contribution in [0.1, 0.15) is 25.3 Å². The maximum atomic E-state index is 11.2. The van der Waals surface area contributed by atoms with Gasteiger partial charge in [0.05, 0.1) is 0 Å². The number of phenolic OH excluding ortho intramolecular Hbond substituents is 1. The predicted octanol–water partition coefficient (Wildman–Crippen LogP) is 1.60. The number of aliphatic hydroxyl groups is 1. The first kappa shape index (κ1) is 12.5. The molecule has 0 saturated carbocycles. The summed E-state index contributed by atoms with van der Waals surface area (Å²) in [6, 6.07) is 6.83. The summed E-state index contributed by atoms with van der Waals surface area (Å²) in [5, 5.41) is 18.5. The van der Waals surface area contributed by atoms with Crippen LogP contribution in [0, 0.1) is 0 Å². The van der Waals surface area contributed by atoms with Gasteiger partial charge in [-0.2, -0.15) is 0 Å². The molecule has 16 heavy (non-hydrogen) atoms. The van der Waals surface area contributed by atoms with E-state index < -0.39 is 12.3 Å². The summed E-state index contributed by atoms with van der Waals surface area (Å²) in [5.74, 6) is -0.288. The van der Waals surface area contributed by atoms with Crippen molar-refractivity contribution in [3.05, 3.63) is 29.8 Å². The van der Waals surface area contributed by atoms with Gasteiger partial charge in [0, 0.05) is 12.8 Å². The number of rotatable bonds is 5. The van der Waals surface area contributed by atoms with Gasteiger partial charge in [0.2, 0.25) is 0 Å². The third kappa shape index (κ3) is 3.90. The molecule has 0 bridgehead atoms. The maximum Gasteiger partial charge on any atom is 0.308 e. The van der Waals surface area contributed by atoms with Gasteiger partial charge in [0.1, 0.15) is 5.75 Å². The quantitative estimate of drug-likeness (QED) is 0.589. The molecule has 0 aromatic heterocycles. The zero-order chi connectivity index (χ0) is 12.0. The second-order valence-corrected chi connectivity index (χ2v) is 3.48. The lowest BCUT2D eigenvalue weighted by molar-refractivity contribution is -0.167. The van der Waals surface area contributed by atoms with Crippen molar-refractivity contribution < 1.29 is 19.7 Å². The molecule has 0 amide bonds. The van der Waals surface area contributed by atoms with E-state index in [2.05, 4.69) is 0 Å². The average molecular weight is 224 g/mol. The van der Waals surface area contributed by atoms with E-state index in [1.807, 2.05) is 0 Å². The Morgan fingerprint density at radius 1 is 1.44 bits per heavy atom. The molecule has 0 aliphatic carbocycles. The van der Waals surface area contributed by atoms with E-state index in [0.29, 0.717) is 18.4 Å². The van der Waals surface area contributed by atoms with E-state index >= 15 is 0 Å². The fourth-order valence-electron chi connectivity index (χ4n) is 1.25. The minimum absolute atomic E-state index is 0.147. The van der Waals surface area contributed by atoms with E-state index in [1.165, 1.54) is 0 Å². The van der Waals surface area contributed by atoms with Crippen molar-refractivity contribution in [2.45, 2.75) is 32.5 Å². The van der Waals surface area contributed by atoms with Gasteiger partial charge in [0.25, 0.3) is 0 Å². The Labute approximate surface area is 94.5 Å². The summed E-state index contributed by atoms with van der Waals surface area (Å²) < 4.78 is 4.70.